The van der Waals surface area contributed by atoms with Crippen LogP contribution in [0, 0.1) is 0 Å². The average Bonchev–Trinajstić information content (AvgIpc) is 3.24. The molecular formula is C18H18N4O3S. The number of hydrogen-bond donors (Lipinski definition) is 1. The summed E-state index contributed by atoms with van der Waals surface area (Å²) in [6.07, 6.45) is 7.65. The van der Waals surface area contributed by atoms with Crippen molar-refractivity contribution in [3.05, 3.63) is 59.5 Å². The van der Waals surface area contributed by atoms with Crippen molar-refractivity contribution in [2.45, 2.75) is 13.0 Å². The first-order valence-corrected chi connectivity index (χ1v) is 8.98. The number of amides is 3. The Bertz CT molecular complexity index is 818. The number of aromatic nitrogens is 2. The van der Waals surface area contributed by atoms with E-state index < -0.39 is 11.1 Å². The monoisotopic (exact) mass is 370 g/mol. The highest BCUT2D eigenvalue weighted by Gasteiger charge is 2.36. The van der Waals surface area contributed by atoms with Crippen LogP contribution in [0.1, 0.15) is 12.0 Å². The summed E-state index contributed by atoms with van der Waals surface area (Å²) in [5.41, 5.74) is 0.835. The molecule has 2 heterocycles. The summed E-state index contributed by atoms with van der Waals surface area (Å²) in [5.74, 6) is -0.781. The predicted molar refractivity (Wildman–Crippen MR) is 99.0 cm³/mol. The maximum Gasteiger partial charge on any atom is 0.294 e. The summed E-state index contributed by atoms with van der Waals surface area (Å²) < 4.78 is 1.91. The van der Waals surface area contributed by atoms with Gasteiger partial charge in [-0.1, -0.05) is 30.3 Å². The lowest BCUT2D eigenvalue weighted by molar-refractivity contribution is -0.129. The van der Waals surface area contributed by atoms with Gasteiger partial charge < -0.3 is 9.88 Å². The molecule has 0 bridgehead atoms. The molecule has 0 spiro atoms. The zero-order valence-corrected chi connectivity index (χ0v) is 14.8. The minimum Gasteiger partial charge on any atom is -0.354 e. The molecule has 0 radical (unpaired) electrons. The van der Waals surface area contributed by atoms with Crippen molar-refractivity contribution in [3.63, 3.8) is 0 Å². The smallest absolute Gasteiger partial charge is 0.294 e. The van der Waals surface area contributed by atoms with E-state index in [0.717, 1.165) is 35.2 Å². The number of carbonyl (C=O) groups is 3. The molecule has 0 unspecified atom stereocenters. The van der Waals surface area contributed by atoms with E-state index >= 15 is 0 Å². The highest BCUT2D eigenvalue weighted by molar-refractivity contribution is 8.18. The topological polar surface area (TPSA) is 84.3 Å². The van der Waals surface area contributed by atoms with Crippen molar-refractivity contribution >= 4 is 34.9 Å². The Balaban J connectivity index is 1.49. The van der Waals surface area contributed by atoms with Gasteiger partial charge in [0.15, 0.2) is 0 Å². The first kappa shape index (κ1) is 17.9. The maximum atomic E-state index is 12.4. The molecule has 1 N–H and O–H groups in total. The normalized spacial score (nSPS) is 15.7. The second-order valence-corrected chi connectivity index (χ2v) is 6.68. The zero-order chi connectivity index (χ0) is 18.4. The molecule has 1 aromatic heterocycles. The molecule has 3 rings (SSSR count). The standard InChI is InChI=1S/C18H18N4O3S/c23-16(20-7-4-9-21-10-8-19-13-21)12-22-17(24)15(26-18(22)25)11-14-5-2-1-3-6-14/h1-3,5-6,8,10-11,13H,4,7,9,12H2,(H,20,23)/b15-11-. The Morgan fingerprint density at radius 3 is 2.77 bits per heavy atom. The number of nitrogens with zero attached hydrogens (tertiary/aromatic N) is 3. The van der Waals surface area contributed by atoms with E-state index in [1.807, 2.05) is 41.1 Å². The maximum absolute atomic E-state index is 12.4. The van der Waals surface area contributed by atoms with Crippen molar-refractivity contribution in [2.24, 2.45) is 0 Å². The lowest BCUT2D eigenvalue weighted by atomic mass is 10.2. The van der Waals surface area contributed by atoms with Crippen LogP contribution in [-0.2, 0) is 16.1 Å². The highest BCUT2D eigenvalue weighted by atomic mass is 32.2. The highest BCUT2D eigenvalue weighted by Crippen LogP contribution is 2.31. The number of imide groups is 1. The van der Waals surface area contributed by atoms with Gasteiger partial charge >= 0.3 is 0 Å². The fourth-order valence-electron chi connectivity index (χ4n) is 2.44. The first-order valence-electron chi connectivity index (χ1n) is 8.16. The molecule has 0 atom stereocenters. The van der Waals surface area contributed by atoms with E-state index in [9.17, 15) is 14.4 Å². The fraction of sp³-hybridized carbons (Fsp3) is 0.222. The van der Waals surface area contributed by atoms with E-state index in [4.69, 9.17) is 0 Å². The molecule has 0 saturated carbocycles. The van der Waals surface area contributed by atoms with Gasteiger partial charge in [-0.15, -0.1) is 0 Å². The molecule has 8 heteroatoms. The van der Waals surface area contributed by atoms with Crippen LogP contribution in [0.2, 0.25) is 0 Å². The number of thioether (sulfide) groups is 1. The Hall–Kier alpha value is -2.87. The average molecular weight is 370 g/mol. The molecule has 3 amide bonds. The van der Waals surface area contributed by atoms with Crippen molar-refractivity contribution in [2.75, 3.05) is 13.1 Å². The first-order chi connectivity index (χ1) is 12.6. The predicted octanol–water partition coefficient (Wildman–Crippen LogP) is 2.13. The van der Waals surface area contributed by atoms with E-state index in [2.05, 4.69) is 10.3 Å². The molecular weight excluding hydrogens is 352 g/mol. The Morgan fingerprint density at radius 2 is 2.04 bits per heavy atom. The minimum atomic E-state index is -0.433. The van der Waals surface area contributed by atoms with Crippen LogP contribution >= 0.6 is 11.8 Å². The van der Waals surface area contributed by atoms with Crippen LogP contribution in [-0.4, -0.2) is 44.6 Å². The molecule has 0 aliphatic carbocycles. The lowest BCUT2D eigenvalue weighted by Gasteiger charge is -2.12. The minimum absolute atomic E-state index is 0.262. The fourth-order valence-corrected chi connectivity index (χ4v) is 3.28. The van der Waals surface area contributed by atoms with Gasteiger partial charge in [-0.25, -0.2) is 4.98 Å². The van der Waals surface area contributed by atoms with Crippen LogP contribution in [0.15, 0.2) is 54.0 Å². The largest absolute Gasteiger partial charge is 0.354 e. The summed E-state index contributed by atoms with van der Waals surface area (Å²) in [6.45, 7) is 0.941. The third-order valence-electron chi connectivity index (χ3n) is 3.75. The number of carbonyl (C=O) groups excluding carboxylic acids is 3. The molecule has 1 aliphatic heterocycles. The van der Waals surface area contributed by atoms with Crippen molar-refractivity contribution in [3.8, 4) is 0 Å². The number of nitrogens with one attached hydrogen (secondary N) is 1. The Kier molecular flexibility index (Phi) is 5.85. The van der Waals surface area contributed by atoms with E-state index in [1.165, 1.54) is 0 Å². The molecule has 134 valence electrons. The number of benzene rings is 1. The summed E-state index contributed by atoms with van der Waals surface area (Å²) in [6, 6.07) is 9.28. The molecule has 1 aromatic carbocycles. The number of rotatable bonds is 7. The van der Waals surface area contributed by atoms with Gasteiger partial charge in [0.25, 0.3) is 11.1 Å². The van der Waals surface area contributed by atoms with Gasteiger partial charge in [0.1, 0.15) is 6.54 Å². The Labute approximate surface area is 155 Å². The van der Waals surface area contributed by atoms with Crippen molar-refractivity contribution < 1.29 is 14.4 Å². The van der Waals surface area contributed by atoms with E-state index in [1.54, 1.807) is 18.6 Å². The number of aryl methyl sites for hydroxylation is 1. The second kappa shape index (κ2) is 8.48. The number of hydrogen-bond acceptors (Lipinski definition) is 5. The van der Waals surface area contributed by atoms with Crippen LogP contribution in [0.5, 0.6) is 0 Å². The van der Waals surface area contributed by atoms with Gasteiger partial charge in [-0.2, -0.15) is 0 Å². The molecule has 2 aromatic rings. The van der Waals surface area contributed by atoms with Gasteiger partial charge in [0.05, 0.1) is 11.2 Å². The molecule has 1 saturated heterocycles. The van der Waals surface area contributed by atoms with E-state index in [-0.39, 0.29) is 12.5 Å². The summed E-state index contributed by atoms with van der Waals surface area (Å²) in [5, 5.41) is 2.30. The van der Waals surface area contributed by atoms with Crippen LogP contribution in [0.25, 0.3) is 6.08 Å². The second-order valence-electron chi connectivity index (χ2n) is 5.68. The van der Waals surface area contributed by atoms with Crippen LogP contribution < -0.4 is 5.32 Å². The summed E-state index contributed by atoms with van der Waals surface area (Å²) in [7, 11) is 0. The van der Waals surface area contributed by atoms with Gasteiger partial charge in [0.2, 0.25) is 5.91 Å². The molecule has 7 nitrogen and oxygen atoms in total. The summed E-state index contributed by atoms with van der Waals surface area (Å²) in [4.78, 5) is 41.7. The quantitative estimate of drug-likeness (QED) is 0.596. The third-order valence-corrected chi connectivity index (χ3v) is 4.65. The third kappa shape index (κ3) is 4.60. The van der Waals surface area contributed by atoms with Crippen molar-refractivity contribution in [1.82, 2.24) is 19.8 Å². The molecule has 26 heavy (non-hydrogen) atoms. The van der Waals surface area contributed by atoms with E-state index in [0.29, 0.717) is 11.4 Å². The van der Waals surface area contributed by atoms with Crippen LogP contribution in [0.4, 0.5) is 4.79 Å². The van der Waals surface area contributed by atoms with Gasteiger partial charge in [-0.05, 0) is 29.8 Å². The lowest BCUT2D eigenvalue weighted by Crippen LogP contribution is -2.39. The zero-order valence-electron chi connectivity index (χ0n) is 14.0. The Morgan fingerprint density at radius 1 is 1.23 bits per heavy atom. The summed E-state index contributed by atoms with van der Waals surface area (Å²) >= 11 is 0.853. The molecule has 1 aliphatic rings. The van der Waals surface area contributed by atoms with Gasteiger partial charge in [0, 0.05) is 25.5 Å². The SMILES string of the molecule is O=C(CN1C(=O)S/C(=C\c2ccccc2)C1=O)NCCCn1ccnc1. The van der Waals surface area contributed by atoms with Crippen molar-refractivity contribution in [1.29, 1.82) is 0 Å². The van der Waals surface area contributed by atoms with Gasteiger partial charge in [-0.3, -0.25) is 19.3 Å². The number of imidazole rings is 1. The molecule has 1 fully saturated rings. The van der Waals surface area contributed by atoms with Crippen LogP contribution in [0.3, 0.4) is 0 Å².